The van der Waals surface area contributed by atoms with Gasteiger partial charge in [0, 0.05) is 36.3 Å². The van der Waals surface area contributed by atoms with Gasteiger partial charge in [-0.15, -0.1) is 0 Å². The van der Waals surface area contributed by atoms with Crippen LogP contribution in [0.4, 0.5) is 5.69 Å². The van der Waals surface area contributed by atoms with E-state index < -0.39 is 6.10 Å². The fourth-order valence-corrected chi connectivity index (χ4v) is 3.07. The Morgan fingerprint density at radius 1 is 1.14 bits per heavy atom. The van der Waals surface area contributed by atoms with Crippen molar-refractivity contribution in [3.05, 3.63) is 59.7 Å². The van der Waals surface area contributed by atoms with E-state index in [1.54, 1.807) is 13.0 Å². The lowest BCUT2D eigenvalue weighted by atomic mass is 9.99. The average molecular weight is 283 g/mol. The van der Waals surface area contributed by atoms with Gasteiger partial charge in [-0.25, -0.2) is 0 Å². The first-order valence-electron chi connectivity index (χ1n) is 7.46. The predicted molar refractivity (Wildman–Crippen MR) is 84.8 cm³/mol. The van der Waals surface area contributed by atoms with Crippen LogP contribution in [0.15, 0.2) is 48.5 Å². The third-order valence-electron chi connectivity index (χ3n) is 4.29. The molecule has 1 saturated heterocycles. The Morgan fingerprint density at radius 2 is 1.90 bits per heavy atom. The molecule has 0 saturated carbocycles. The molecule has 0 amide bonds. The minimum atomic E-state index is -0.644. The molecule has 2 N–H and O–H groups in total. The van der Waals surface area contributed by atoms with Gasteiger partial charge in [0.05, 0.1) is 6.10 Å². The number of aromatic hydroxyl groups is 1. The first-order valence-corrected chi connectivity index (χ1v) is 7.46. The fraction of sp³-hybridized carbons (Fsp3) is 0.333. The summed E-state index contributed by atoms with van der Waals surface area (Å²) in [6.45, 7) is 3.63. The van der Waals surface area contributed by atoms with Crippen molar-refractivity contribution < 1.29 is 10.2 Å². The van der Waals surface area contributed by atoms with Crippen LogP contribution >= 0.6 is 0 Å². The summed E-state index contributed by atoms with van der Waals surface area (Å²) in [7, 11) is 0. The molecule has 0 bridgehead atoms. The van der Waals surface area contributed by atoms with E-state index in [9.17, 15) is 10.2 Å². The second kappa shape index (κ2) is 5.78. The Hall–Kier alpha value is -2.00. The van der Waals surface area contributed by atoms with Crippen molar-refractivity contribution in [2.45, 2.75) is 25.4 Å². The van der Waals surface area contributed by atoms with Crippen LogP contribution in [0.2, 0.25) is 0 Å². The molecular weight excluding hydrogens is 262 g/mol. The van der Waals surface area contributed by atoms with E-state index in [0.717, 1.165) is 25.2 Å². The molecule has 1 aliphatic heterocycles. The largest absolute Gasteiger partial charge is 0.507 e. The predicted octanol–water partition coefficient (Wildman–Crippen LogP) is 3.44. The Labute approximate surface area is 125 Å². The first kappa shape index (κ1) is 14.0. The number of nitrogens with zero attached hydrogens (tertiary/aromatic N) is 1. The summed E-state index contributed by atoms with van der Waals surface area (Å²) in [6, 6.07) is 16.1. The minimum absolute atomic E-state index is 0.172. The van der Waals surface area contributed by atoms with Gasteiger partial charge in [-0.3, -0.25) is 0 Å². The number of benzene rings is 2. The van der Waals surface area contributed by atoms with Gasteiger partial charge < -0.3 is 15.1 Å². The molecule has 3 rings (SSSR count). The summed E-state index contributed by atoms with van der Waals surface area (Å²) in [5.74, 6) is 0.718. The van der Waals surface area contributed by atoms with Gasteiger partial charge in [-0.05, 0) is 25.0 Å². The highest BCUT2D eigenvalue weighted by atomic mass is 16.3. The number of rotatable bonds is 3. The molecule has 2 unspecified atom stereocenters. The highest BCUT2D eigenvalue weighted by Crippen LogP contribution is 2.34. The van der Waals surface area contributed by atoms with Crippen LogP contribution in [0.3, 0.4) is 0 Å². The van der Waals surface area contributed by atoms with Crippen molar-refractivity contribution in [1.82, 2.24) is 0 Å². The Bertz CT molecular complexity index is 610. The summed E-state index contributed by atoms with van der Waals surface area (Å²) in [5.41, 5.74) is 2.98. The maximum absolute atomic E-state index is 10.0. The van der Waals surface area contributed by atoms with Crippen molar-refractivity contribution in [1.29, 1.82) is 0 Å². The van der Waals surface area contributed by atoms with Gasteiger partial charge in [-0.1, -0.05) is 36.4 Å². The lowest BCUT2D eigenvalue weighted by Gasteiger charge is -2.20. The van der Waals surface area contributed by atoms with Crippen molar-refractivity contribution in [2.24, 2.45) is 0 Å². The summed E-state index contributed by atoms with van der Waals surface area (Å²) in [6.07, 6.45) is 0.484. The second-order valence-electron chi connectivity index (χ2n) is 5.76. The summed E-state index contributed by atoms with van der Waals surface area (Å²) in [4.78, 5) is 2.29. The van der Waals surface area contributed by atoms with Crippen LogP contribution in [0.5, 0.6) is 5.75 Å². The molecule has 1 fully saturated rings. The quantitative estimate of drug-likeness (QED) is 0.907. The minimum Gasteiger partial charge on any atom is -0.507 e. The van der Waals surface area contributed by atoms with E-state index in [4.69, 9.17) is 0 Å². The van der Waals surface area contributed by atoms with Gasteiger partial charge in [0.1, 0.15) is 5.75 Å². The number of phenols is 1. The molecular formula is C18H21NO2. The molecule has 2 aromatic rings. The van der Waals surface area contributed by atoms with Crippen LogP contribution < -0.4 is 4.90 Å². The van der Waals surface area contributed by atoms with Crippen molar-refractivity contribution >= 4 is 5.69 Å². The number of aliphatic hydroxyl groups is 1. The Balaban J connectivity index is 1.76. The van der Waals surface area contributed by atoms with Crippen molar-refractivity contribution in [3.8, 4) is 5.75 Å². The molecule has 1 heterocycles. The van der Waals surface area contributed by atoms with Crippen molar-refractivity contribution in [3.63, 3.8) is 0 Å². The molecule has 2 aromatic carbocycles. The average Bonchev–Trinajstić information content (AvgIpc) is 2.97. The number of aliphatic hydroxyl groups excluding tert-OH is 1. The highest BCUT2D eigenvalue weighted by molar-refractivity contribution is 5.55. The maximum Gasteiger partial charge on any atom is 0.123 e. The molecule has 2 atom stereocenters. The third kappa shape index (κ3) is 2.88. The Morgan fingerprint density at radius 3 is 2.57 bits per heavy atom. The van der Waals surface area contributed by atoms with Crippen LogP contribution in [0, 0.1) is 0 Å². The number of hydrogen-bond donors (Lipinski definition) is 2. The molecule has 21 heavy (non-hydrogen) atoms. The van der Waals surface area contributed by atoms with Crippen LogP contribution in [0.25, 0.3) is 0 Å². The zero-order valence-corrected chi connectivity index (χ0v) is 12.2. The van der Waals surface area contributed by atoms with E-state index >= 15 is 0 Å². The topological polar surface area (TPSA) is 43.7 Å². The number of anilines is 1. The van der Waals surface area contributed by atoms with Gasteiger partial charge in [0.15, 0.2) is 0 Å². The zero-order chi connectivity index (χ0) is 14.8. The first-order chi connectivity index (χ1) is 10.1. The van der Waals surface area contributed by atoms with E-state index in [0.29, 0.717) is 11.5 Å². The van der Waals surface area contributed by atoms with Crippen LogP contribution in [0.1, 0.15) is 36.5 Å². The zero-order valence-electron chi connectivity index (χ0n) is 12.2. The number of phenolic OH excluding ortho intramolecular Hbond substituents is 1. The van der Waals surface area contributed by atoms with Gasteiger partial charge in [-0.2, -0.15) is 0 Å². The fourth-order valence-electron chi connectivity index (χ4n) is 3.07. The summed E-state index contributed by atoms with van der Waals surface area (Å²) >= 11 is 0. The monoisotopic (exact) mass is 283 g/mol. The lowest BCUT2D eigenvalue weighted by molar-refractivity contribution is 0.195. The van der Waals surface area contributed by atoms with E-state index in [2.05, 4.69) is 29.2 Å². The Kier molecular flexibility index (Phi) is 3.84. The van der Waals surface area contributed by atoms with Gasteiger partial charge >= 0.3 is 0 Å². The SMILES string of the molecule is CC(O)c1ccc(N2CCC(c3ccccc3)C2)cc1O. The molecule has 0 aromatic heterocycles. The van der Waals surface area contributed by atoms with Gasteiger partial charge in [0.2, 0.25) is 0 Å². The molecule has 0 spiro atoms. The normalized spacial score (nSPS) is 19.7. The molecule has 0 radical (unpaired) electrons. The maximum atomic E-state index is 10.0. The third-order valence-corrected chi connectivity index (χ3v) is 4.29. The van der Waals surface area contributed by atoms with Crippen LogP contribution in [-0.2, 0) is 0 Å². The molecule has 0 aliphatic carbocycles. The van der Waals surface area contributed by atoms with E-state index in [1.165, 1.54) is 5.56 Å². The molecule has 110 valence electrons. The number of hydrogen-bond acceptors (Lipinski definition) is 3. The van der Waals surface area contributed by atoms with E-state index in [-0.39, 0.29) is 5.75 Å². The summed E-state index contributed by atoms with van der Waals surface area (Å²) in [5, 5.41) is 19.6. The lowest BCUT2D eigenvalue weighted by Crippen LogP contribution is -2.19. The highest BCUT2D eigenvalue weighted by Gasteiger charge is 2.24. The molecule has 3 nitrogen and oxygen atoms in total. The van der Waals surface area contributed by atoms with Crippen LogP contribution in [-0.4, -0.2) is 23.3 Å². The van der Waals surface area contributed by atoms with E-state index in [1.807, 2.05) is 18.2 Å². The molecule has 3 heteroatoms. The van der Waals surface area contributed by atoms with Crippen molar-refractivity contribution in [2.75, 3.05) is 18.0 Å². The smallest absolute Gasteiger partial charge is 0.123 e. The standard InChI is InChI=1S/C18H21NO2/c1-13(20)17-8-7-16(11-18(17)21)19-10-9-15(12-19)14-5-3-2-4-6-14/h2-8,11,13,15,20-21H,9-10,12H2,1H3. The summed E-state index contributed by atoms with van der Waals surface area (Å²) < 4.78 is 0. The molecule has 1 aliphatic rings. The van der Waals surface area contributed by atoms with Gasteiger partial charge in [0.25, 0.3) is 0 Å². The second-order valence-corrected chi connectivity index (χ2v) is 5.76.